The highest BCUT2D eigenvalue weighted by Gasteiger charge is 2.10. The lowest BCUT2D eigenvalue weighted by Gasteiger charge is -1.93. The van der Waals surface area contributed by atoms with Gasteiger partial charge in [-0.05, 0) is 11.6 Å². The van der Waals surface area contributed by atoms with Crippen molar-refractivity contribution in [2.45, 2.75) is 13.0 Å². The van der Waals surface area contributed by atoms with E-state index in [1.165, 1.54) is 5.39 Å². The predicted octanol–water partition coefficient (Wildman–Crippen LogP) is 2.29. The molecule has 0 aliphatic heterocycles. The van der Waals surface area contributed by atoms with E-state index in [9.17, 15) is 0 Å². The van der Waals surface area contributed by atoms with Crippen LogP contribution in [0.4, 0.5) is 0 Å². The number of para-hydroxylation sites is 1. The summed E-state index contributed by atoms with van der Waals surface area (Å²) in [5.74, 6) is 1.18. The van der Waals surface area contributed by atoms with Gasteiger partial charge in [-0.15, -0.1) is 0 Å². The van der Waals surface area contributed by atoms with Crippen molar-refractivity contribution in [3.05, 3.63) is 47.7 Å². The van der Waals surface area contributed by atoms with Gasteiger partial charge in [-0.3, -0.25) is 0 Å². The van der Waals surface area contributed by atoms with Crippen LogP contribution in [0.25, 0.3) is 10.9 Å². The van der Waals surface area contributed by atoms with Gasteiger partial charge in [0.25, 0.3) is 0 Å². The number of aromatic amines is 1. The quantitative estimate of drug-likeness (QED) is 0.763. The Morgan fingerprint density at radius 1 is 1.33 bits per heavy atom. The Bertz CT molecular complexity index is 657. The maximum Gasteiger partial charge on any atom is 0.231 e. The van der Waals surface area contributed by atoms with Crippen LogP contribution in [0.15, 0.2) is 35.0 Å². The summed E-state index contributed by atoms with van der Waals surface area (Å²) < 4.78 is 10.1. The number of rotatable bonds is 4. The normalized spacial score (nSPS) is 11.2. The van der Waals surface area contributed by atoms with E-state index in [4.69, 9.17) is 9.26 Å². The van der Waals surface area contributed by atoms with Crippen molar-refractivity contribution < 1.29 is 9.26 Å². The van der Waals surface area contributed by atoms with Crippen molar-refractivity contribution in [1.82, 2.24) is 15.1 Å². The molecule has 1 N–H and O–H groups in total. The van der Waals surface area contributed by atoms with Crippen molar-refractivity contribution >= 4 is 10.9 Å². The molecule has 3 rings (SSSR count). The maximum absolute atomic E-state index is 5.18. The number of methoxy groups -OCH3 is 1. The summed E-state index contributed by atoms with van der Waals surface area (Å²) in [7, 11) is 1.61. The van der Waals surface area contributed by atoms with E-state index in [0.29, 0.717) is 24.7 Å². The lowest BCUT2D eigenvalue weighted by atomic mass is 10.1. The lowest BCUT2D eigenvalue weighted by molar-refractivity contribution is 0.174. The second-order valence-electron chi connectivity index (χ2n) is 4.07. The van der Waals surface area contributed by atoms with E-state index in [0.717, 1.165) is 11.1 Å². The van der Waals surface area contributed by atoms with Gasteiger partial charge in [0, 0.05) is 24.2 Å². The van der Waals surface area contributed by atoms with Gasteiger partial charge in [-0.25, -0.2) is 0 Å². The Labute approximate surface area is 104 Å². The number of nitrogens with one attached hydrogen (secondary N) is 1. The van der Waals surface area contributed by atoms with E-state index < -0.39 is 0 Å². The van der Waals surface area contributed by atoms with Gasteiger partial charge in [0.05, 0.1) is 6.42 Å². The van der Waals surface area contributed by atoms with Crippen LogP contribution < -0.4 is 0 Å². The molecule has 0 amide bonds. The van der Waals surface area contributed by atoms with Gasteiger partial charge in [0.15, 0.2) is 5.82 Å². The third-order valence-corrected chi connectivity index (χ3v) is 2.80. The molecule has 2 aromatic heterocycles. The van der Waals surface area contributed by atoms with E-state index in [1.807, 2.05) is 24.4 Å². The molecule has 0 aliphatic carbocycles. The van der Waals surface area contributed by atoms with Crippen molar-refractivity contribution in [3.8, 4) is 0 Å². The highest BCUT2D eigenvalue weighted by Crippen LogP contribution is 2.20. The lowest BCUT2D eigenvalue weighted by Crippen LogP contribution is -1.91. The average molecular weight is 243 g/mol. The zero-order valence-electron chi connectivity index (χ0n) is 10.0. The molecule has 0 spiro atoms. The minimum Gasteiger partial charge on any atom is -0.377 e. The molecule has 2 heterocycles. The molecular weight excluding hydrogens is 230 g/mol. The molecule has 0 fully saturated rings. The summed E-state index contributed by atoms with van der Waals surface area (Å²) in [5.41, 5.74) is 2.27. The molecule has 0 bridgehead atoms. The first-order valence-electron chi connectivity index (χ1n) is 5.72. The second kappa shape index (κ2) is 4.62. The number of H-pyrrole nitrogens is 1. The van der Waals surface area contributed by atoms with Crippen LogP contribution >= 0.6 is 0 Å². The fourth-order valence-electron chi connectivity index (χ4n) is 1.99. The van der Waals surface area contributed by atoms with Gasteiger partial charge in [0.1, 0.15) is 6.61 Å². The zero-order chi connectivity index (χ0) is 12.4. The molecule has 18 heavy (non-hydrogen) atoms. The molecule has 0 radical (unpaired) electrons. The Kier molecular flexibility index (Phi) is 2.82. The van der Waals surface area contributed by atoms with E-state index >= 15 is 0 Å². The monoisotopic (exact) mass is 243 g/mol. The minimum atomic E-state index is 0.372. The number of ether oxygens (including phenoxy) is 1. The molecule has 0 unspecified atom stereocenters. The van der Waals surface area contributed by atoms with E-state index in [-0.39, 0.29) is 0 Å². The predicted molar refractivity (Wildman–Crippen MR) is 66.1 cm³/mol. The number of nitrogens with zero attached hydrogens (tertiary/aromatic N) is 2. The SMILES string of the molecule is COCc1noc(Cc2c[nH]c3ccccc23)n1. The topological polar surface area (TPSA) is 63.9 Å². The highest BCUT2D eigenvalue weighted by molar-refractivity contribution is 5.83. The fraction of sp³-hybridized carbons (Fsp3) is 0.231. The van der Waals surface area contributed by atoms with E-state index in [2.05, 4.69) is 21.2 Å². The van der Waals surface area contributed by atoms with Crippen LogP contribution in [-0.4, -0.2) is 22.2 Å². The zero-order valence-corrected chi connectivity index (χ0v) is 10.0. The number of benzene rings is 1. The summed E-state index contributed by atoms with van der Waals surface area (Å²) >= 11 is 0. The Morgan fingerprint density at radius 3 is 3.11 bits per heavy atom. The molecule has 0 aliphatic rings. The Morgan fingerprint density at radius 2 is 2.22 bits per heavy atom. The third kappa shape index (κ3) is 2.00. The smallest absolute Gasteiger partial charge is 0.231 e. The van der Waals surface area contributed by atoms with Crippen LogP contribution in [0.3, 0.4) is 0 Å². The van der Waals surface area contributed by atoms with Gasteiger partial charge in [0.2, 0.25) is 5.89 Å². The first kappa shape index (κ1) is 11.0. The Balaban J connectivity index is 1.87. The van der Waals surface area contributed by atoms with E-state index in [1.54, 1.807) is 7.11 Å². The number of hydrogen-bond donors (Lipinski definition) is 1. The van der Waals surface area contributed by atoms with Crippen LogP contribution in [0.2, 0.25) is 0 Å². The average Bonchev–Trinajstić information content (AvgIpc) is 2.99. The largest absolute Gasteiger partial charge is 0.377 e. The third-order valence-electron chi connectivity index (χ3n) is 2.80. The first-order chi connectivity index (χ1) is 8.86. The van der Waals surface area contributed by atoms with Crippen LogP contribution in [0.5, 0.6) is 0 Å². The molecule has 0 atom stereocenters. The highest BCUT2D eigenvalue weighted by atomic mass is 16.5. The first-order valence-corrected chi connectivity index (χ1v) is 5.72. The number of fused-ring (bicyclic) bond motifs is 1. The van der Waals surface area contributed by atoms with Gasteiger partial charge >= 0.3 is 0 Å². The standard InChI is InChI=1S/C13H13N3O2/c1-17-8-12-15-13(18-16-12)6-9-7-14-11-5-3-2-4-10(9)11/h2-5,7,14H,6,8H2,1H3. The molecular formula is C13H13N3O2. The van der Waals surface area contributed by atoms with Gasteiger partial charge in [-0.2, -0.15) is 4.98 Å². The number of aromatic nitrogens is 3. The van der Waals surface area contributed by atoms with Crippen LogP contribution in [0.1, 0.15) is 17.3 Å². The second-order valence-corrected chi connectivity index (χ2v) is 4.07. The van der Waals surface area contributed by atoms with Crippen LogP contribution in [0, 0.1) is 0 Å². The summed E-state index contributed by atoms with van der Waals surface area (Å²) in [5, 5.41) is 5.03. The molecule has 3 aromatic rings. The van der Waals surface area contributed by atoms with Crippen molar-refractivity contribution in [2.24, 2.45) is 0 Å². The maximum atomic E-state index is 5.18. The number of hydrogen-bond acceptors (Lipinski definition) is 4. The molecule has 5 heteroatoms. The molecule has 0 saturated heterocycles. The van der Waals surface area contributed by atoms with Crippen molar-refractivity contribution in [1.29, 1.82) is 0 Å². The van der Waals surface area contributed by atoms with Crippen molar-refractivity contribution in [2.75, 3.05) is 7.11 Å². The van der Waals surface area contributed by atoms with Gasteiger partial charge < -0.3 is 14.2 Å². The fourth-order valence-corrected chi connectivity index (χ4v) is 1.99. The Hall–Kier alpha value is -2.14. The molecule has 92 valence electrons. The molecule has 1 aromatic carbocycles. The molecule has 5 nitrogen and oxygen atoms in total. The molecule has 0 saturated carbocycles. The summed E-state index contributed by atoms with van der Waals surface area (Å²) in [4.78, 5) is 7.49. The summed E-state index contributed by atoms with van der Waals surface area (Å²) in [6.45, 7) is 0.372. The minimum absolute atomic E-state index is 0.372. The summed E-state index contributed by atoms with van der Waals surface area (Å²) in [6.07, 6.45) is 2.60. The van der Waals surface area contributed by atoms with Gasteiger partial charge in [-0.1, -0.05) is 23.4 Å². The van der Waals surface area contributed by atoms with Crippen molar-refractivity contribution in [3.63, 3.8) is 0 Å². The summed E-state index contributed by atoms with van der Waals surface area (Å²) in [6, 6.07) is 8.15. The van der Waals surface area contributed by atoms with Crippen LogP contribution in [-0.2, 0) is 17.8 Å².